The zero-order valence-corrected chi connectivity index (χ0v) is 18.0. The van der Waals surface area contributed by atoms with E-state index in [1.807, 2.05) is 26.7 Å². The lowest BCUT2D eigenvalue weighted by atomic mass is 9.96. The second kappa shape index (κ2) is 7.68. The second-order valence-electron chi connectivity index (χ2n) is 9.07. The topological polar surface area (TPSA) is 49.9 Å². The number of hydrogen-bond acceptors (Lipinski definition) is 4. The summed E-state index contributed by atoms with van der Waals surface area (Å²) in [7, 11) is 0. The normalized spacial score (nSPS) is 16.3. The molecule has 1 aliphatic heterocycles. The average Bonchev–Trinajstić information content (AvgIpc) is 3.42. The highest BCUT2D eigenvalue weighted by Gasteiger charge is 2.35. The third kappa shape index (κ3) is 4.54. The molecule has 0 atom stereocenters. The molecule has 0 radical (unpaired) electrons. The van der Waals surface area contributed by atoms with Gasteiger partial charge >= 0.3 is 6.09 Å². The summed E-state index contributed by atoms with van der Waals surface area (Å²) in [6, 6.07) is 3.35. The zero-order chi connectivity index (χ0) is 21.5. The van der Waals surface area contributed by atoms with Crippen molar-refractivity contribution in [2.24, 2.45) is 0 Å². The molecule has 0 N–H and O–H groups in total. The van der Waals surface area contributed by atoms with Crippen LogP contribution in [0.1, 0.15) is 65.5 Å². The Bertz CT molecular complexity index is 903. The lowest BCUT2D eigenvalue weighted by Crippen LogP contribution is -2.40. The van der Waals surface area contributed by atoms with Crippen LogP contribution < -0.4 is 4.90 Å². The van der Waals surface area contributed by atoms with E-state index in [1.165, 1.54) is 11.0 Å². The van der Waals surface area contributed by atoms with Crippen molar-refractivity contribution in [1.82, 2.24) is 4.90 Å². The van der Waals surface area contributed by atoms with Crippen LogP contribution in [0.15, 0.2) is 23.9 Å². The highest BCUT2D eigenvalue weighted by molar-refractivity contribution is 6.00. The first kappa shape index (κ1) is 21.1. The molecule has 0 spiro atoms. The highest BCUT2D eigenvalue weighted by atomic mass is 19.1. The number of hydrogen-bond donors (Lipinski definition) is 0. The molecule has 1 heterocycles. The fourth-order valence-electron chi connectivity index (χ4n) is 3.55. The molecule has 0 aromatic heterocycles. The van der Waals surface area contributed by atoms with Crippen LogP contribution in [0.3, 0.4) is 0 Å². The van der Waals surface area contributed by atoms with E-state index in [-0.39, 0.29) is 12.6 Å². The maximum atomic E-state index is 15.0. The van der Waals surface area contributed by atoms with Gasteiger partial charge in [-0.05, 0) is 72.6 Å². The lowest BCUT2D eigenvalue weighted by molar-refractivity contribution is 0.0170. The highest BCUT2D eigenvalue weighted by Crippen LogP contribution is 2.43. The minimum absolute atomic E-state index is 0.0904. The standard InChI is InChI=1S/C23H29FN2O3/c1-14(2)25(22(28)29-23(4,5)6)12-16-10-21-19(11-20(16)24)17(13-27)9-15(3)26(21)18-7-8-18/h9-11,14,18H,7-8,12H2,1-6H3. The Morgan fingerprint density at radius 1 is 1.34 bits per heavy atom. The van der Waals surface area contributed by atoms with E-state index >= 15 is 0 Å². The van der Waals surface area contributed by atoms with Crippen molar-refractivity contribution >= 4 is 23.3 Å². The minimum Gasteiger partial charge on any atom is -0.444 e. The van der Waals surface area contributed by atoms with Crippen molar-refractivity contribution in [2.75, 3.05) is 4.90 Å². The molecule has 1 saturated carbocycles. The summed E-state index contributed by atoms with van der Waals surface area (Å²) in [6.45, 7) is 11.2. The third-order valence-corrected chi connectivity index (χ3v) is 5.06. The minimum atomic E-state index is -0.632. The summed E-state index contributed by atoms with van der Waals surface area (Å²) in [4.78, 5) is 27.7. The molecule has 1 aliphatic carbocycles. The Hall–Kier alpha value is -2.59. The Morgan fingerprint density at radius 2 is 2.00 bits per heavy atom. The molecule has 1 fully saturated rings. The number of nitrogens with zero attached hydrogens (tertiary/aromatic N) is 2. The van der Waals surface area contributed by atoms with Gasteiger partial charge in [0, 0.05) is 28.9 Å². The number of carbonyl (C=O) groups is 1. The van der Waals surface area contributed by atoms with Crippen LogP contribution in [0.25, 0.3) is 5.57 Å². The number of rotatable bonds is 4. The van der Waals surface area contributed by atoms with Crippen molar-refractivity contribution in [1.29, 1.82) is 0 Å². The van der Waals surface area contributed by atoms with E-state index in [4.69, 9.17) is 4.74 Å². The van der Waals surface area contributed by atoms with Crippen molar-refractivity contribution < 1.29 is 18.7 Å². The van der Waals surface area contributed by atoms with Crippen molar-refractivity contribution in [3.8, 4) is 0 Å². The van der Waals surface area contributed by atoms with Gasteiger partial charge < -0.3 is 14.5 Å². The summed E-state index contributed by atoms with van der Waals surface area (Å²) in [5.41, 5.74) is 2.42. The maximum Gasteiger partial charge on any atom is 0.410 e. The number of halogens is 1. The van der Waals surface area contributed by atoms with E-state index in [1.54, 1.807) is 32.9 Å². The van der Waals surface area contributed by atoms with Crippen LogP contribution in [-0.2, 0) is 16.1 Å². The zero-order valence-electron chi connectivity index (χ0n) is 18.0. The quantitative estimate of drug-likeness (QED) is 0.662. The fraction of sp³-hybridized carbons (Fsp3) is 0.522. The summed E-state index contributed by atoms with van der Waals surface area (Å²) in [6.07, 6.45) is 3.41. The van der Waals surface area contributed by atoms with Gasteiger partial charge in [-0.15, -0.1) is 0 Å². The molecule has 6 heteroatoms. The van der Waals surface area contributed by atoms with Gasteiger partial charge in [0.2, 0.25) is 0 Å². The van der Waals surface area contributed by atoms with Gasteiger partial charge in [0.1, 0.15) is 17.4 Å². The number of ether oxygens (including phenoxy) is 1. The molecule has 0 saturated heterocycles. The lowest BCUT2D eigenvalue weighted by Gasteiger charge is -2.33. The van der Waals surface area contributed by atoms with Gasteiger partial charge in [0.25, 0.3) is 0 Å². The summed E-state index contributed by atoms with van der Waals surface area (Å²) in [5, 5.41) is 0. The van der Waals surface area contributed by atoms with E-state index in [0.717, 1.165) is 24.2 Å². The second-order valence-corrected chi connectivity index (χ2v) is 9.07. The molecular formula is C23H29FN2O3. The van der Waals surface area contributed by atoms with Crippen molar-refractivity contribution in [3.05, 3.63) is 40.8 Å². The van der Waals surface area contributed by atoms with Gasteiger partial charge in [-0.2, -0.15) is 0 Å². The fourth-order valence-corrected chi connectivity index (χ4v) is 3.55. The molecule has 5 nitrogen and oxygen atoms in total. The van der Waals surface area contributed by atoms with Crippen molar-refractivity contribution in [2.45, 2.75) is 78.6 Å². The largest absolute Gasteiger partial charge is 0.444 e. The summed E-state index contributed by atoms with van der Waals surface area (Å²) < 4.78 is 20.5. The van der Waals surface area contributed by atoms with Crippen LogP contribution >= 0.6 is 0 Å². The Balaban J connectivity index is 1.99. The number of anilines is 1. The molecule has 1 amide bonds. The first-order chi connectivity index (χ1) is 13.5. The molecule has 0 bridgehead atoms. The predicted molar refractivity (Wildman–Crippen MR) is 112 cm³/mol. The predicted octanol–water partition coefficient (Wildman–Crippen LogP) is 5.07. The van der Waals surface area contributed by atoms with E-state index in [0.29, 0.717) is 22.7 Å². The number of carbonyl (C=O) groups excluding carboxylic acids is 2. The van der Waals surface area contributed by atoms with Gasteiger partial charge in [0.15, 0.2) is 0 Å². The number of allylic oxidation sites excluding steroid dienone is 3. The number of amides is 1. The summed E-state index contributed by atoms with van der Waals surface area (Å²) in [5.74, 6) is 1.48. The van der Waals surface area contributed by atoms with E-state index in [2.05, 4.69) is 4.90 Å². The maximum absolute atomic E-state index is 15.0. The number of benzene rings is 1. The molecule has 156 valence electrons. The van der Waals surface area contributed by atoms with Crippen LogP contribution in [0.5, 0.6) is 0 Å². The molecule has 1 aromatic carbocycles. The Morgan fingerprint density at radius 3 is 2.52 bits per heavy atom. The number of fused-ring (bicyclic) bond motifs is 1. The first-order valence-electron chi connectivity index (χ1n) is 10.1. The van der Waals surface area contributed by atoms with E-state index < -0.39 is 17.5 Å². The van der Waals surface area contributed by atoms with Gasteiger partial charge in [0.05, 0.1) is 17.8 Å². The molecule has 2 aliphatic rings. The van der Waals surface area contributed by atoms with Gasteiger partial charge in [-0.3, -0.25) is 0 Å². The van der Waals surface area contributed by atoms with E-state index in [9.17, 15) is 14.0 Å². The monoisotopic (exact) mass is 400 g/mol. The summed E-state index contributed by atoms with van der Waals surface area (Å²) >= 11 is 0. The van der Waals surface area contributed by atoms with Crippen LogP contribution in [-0.4, -0.2) is 34.6 Å². The van der Waals surface area contributed by atoms with Crippen LogP contribution in [0.2, 0.25) is 0 Å². The molecular weight excluding hydrogens is 371 g/mol. The first-order valence-corrected chi connectivity index (χ1v) is 10.1. The van der Waals surface area contributed by atoms with Crippen molar-refractivity contribution in [3.63, 3.8) is 0 Å². The molecule has 3 rings (SSSR count). The SMILES string of the molecule is CC1=CC(=C=O)c2cc(F)c(CN(C(=O)OC(C)(C)C)C(C)C)cc2N1C1CC1. The molecule has 1 aromatic rings. The smallest absolute Gasteiger partial charge is 0.410 e. The average molecular weight is 400 g/mol. The third-order valence-electron chi connectivity index (χ3n) is 5.06. The van der Waals surface area contributed by atoms with Gasteiger partial charge in [-0.25, -0.2) is 14.0 Å². The Labute approximate surface area is 171 Å². The van der Waals surface area contributed by atoms with Crippen LogP contribution in [0.4, 0.5) is 14.9 Å². The van der Waals surface area contributed by atoms with Crippen LogP contribution in [0, 0.1) is 5.82 Å². The van der Waals surface area contributed by atoms with Gasteiger partial charge in [-0.1, -0.05) is 0 Å². The Kier molecular flexibility index (Phi) is 5.59. The molecule has 29 heavy (non-hydrogen) atoms. The molecule has 0 unspecified atom stereocenters.